The van der Waals surface area contributed by atoms with Gasteiger partial charge in [0, 0.05) is 11.6 Å². The third-order valence-electron chi connectivity index (χ3n) is 4.02. The zero-order chi connectivity index (χ0) is 13.7. The summed E-state index contributed by atoms with van der Waals surface area (Å²) in [6.07, 6.45) is 6.64. The van der Waals surface area contributed by atoms with E-state index in [1.54, 1.807) is 12.1 Å². The van der Waals surface area contributed by atoms with Gasteiger partial charge in [0.25, 0.3) is 0 Å². The first-order valence-corrected chi connectivity index (χ1v) is 7.50. The predicted molar refractivity (Wildman–Crippen MR) is 80.4 cm³/mol. The van der Waals surface area contributed by atoms with Gasteiger partial charge in [0.2, 0.25) is 0 Å². The molecule has 0 aromatic heterocycles. The smallest absolute Gasteiger partial charge is 0.101 e. The average molecular weight is 277 g/mol. The van der Waals surface area contributed by atoms with Gasteiger partial charge in [0.1, 0.15) is 6.07 Å². The van der Waals surface area contributed by atoms with Crippen LogP contribution in [0.25, 0.3) is 0 Å². The van der Waals surface area contributed by atoms with E-state index in [9.17, 15) is 0 Å². The fourth-order valence-corrected chi connectivity index (χ4v) is 3.17. The largest absolute Gasteiger partial charge is 0.384 e. The van der Waals surface area contributed by atoms with Gasteiger partial charge in [-0.2, -0.15) is 5.26 Å². The molecule has 1 fully saturated rings. The quantitative estimate of drug-likeness (QED) is 0.854. The fraction of sp³-hybridized carbons (Fsp3) is 0.562. The lowest BCUT2D eigenvalue weighted by Crippen LogP contribution is -2.16. The average Bonchev–Trinajstić information content (AvgIpc) is 2.39. The molecule has 1 aliphatic carbocycles. The number of hydrogen-bond donors (Lipinski definition) is 1. The number of hydrogen-bond acceptors (Lipinski definition) is 2. The molecule has 2 unspecified atom stereocenters. The Morgan fingerprint density at radius 3 is 3.00 bits per heavy atom. The number of nitrogens with one attached hydrogen (secondary N) is 1. The van der Waals surface area contributed by atoms with E-state index in [1.807, 2.05) is 6.07 Å². The minimum atomic E-state index is 0.668. The Labute approximate surface area is 120 Å². The molecule has 1 aromatic carbocycles. The minimum Gasteiger partial charge on any atom is -0.384 e. The molecular weight excluding hydrogens is 256 g/mol. The second-order valence-corrected chi connectivity index (χ2v) is 6.09. The Balaban J connectivity index is 1.85. The number of nitriles is 1. The first-order valence-electron chi connectivity index (χ1n) is 7.12. The number of anilines is 1. The van der Waals surface area contributed by atoms with Crippen molar-refractivity contribution in [3.8, 4) is 6.07 Å². The Bertz CT molecular complexity index is 464. The third-order valence-corrected chi connectivity index (χ3v) is 4.25. The van der Waals surface area contributed by atoms with Crippen LogP contribution in [0.1, 0.15) is 44.6 Å². The van der Waals surface area contributed by atoms with Gasteiger partial charge in [0.05, 0.1) is 11.3 Å². The number of rotatable bonds is 4. The van der Waals surface area contributed by atoms with Gasteiger partial charge in [-0.05, 0) is 42.9 Å². The highest BCUT2D eigenvalue weighted by atomic mass is 35.5. The summed E-state index contributed by atoms with van der Waals surface area (Å²) in [5.74, 6) is 1.71. The zero-order valence-electron chi connectivity index (χ0n) is 11.5. The second kappa shape index (κ2) is 6.82. The van der Waals surface area contributed by atoms with Crippen LogP contribution < -0.4 is 5.32 Å². The molecule has 0 saturated heterocycles. The van der Waals surface area contributed by atoms with Crippen molar-refractivity contribution in [3.05, 3.63) is 28.8 Å². The highest BCUT2D eigenvalue weighted by molar-refractivity contribution is 6.30. The molecule has 1 N–H and O–H groups in total. The number of benzene rings is 1. The van der Waals surface area contributed by atoms with Crippen LogP contribution in [0, 0.1) is 23.2 Å². The van der Waals surface area contributed by atoms with Crippen molar-refractivity contribution in [2.75, 3.05) is 11.9 Å². The normalized spacial score (nSPS) is 22.8. The molecule has 0 amide bonds. The lowest BCUT2D eigenvalue weighted by atomic mass is 9.81. The fourth-order valence-electron chi connectivity index (χ4n) is 2.99. The topological polar surface area (TPSA) is 35.8 Å². The van der Waals surface area contributed by atoms with Crippen molar-refractivity contribution in [2.45, 2.75) is 39.0 Å². The molecule has 0 spiro atoms. The van der Waals surface area contributed by atoms with E-state index >= 15 is 0 Å². The Morgan fingerprint density at radius 2 is 2.26 bits per heavy atom. The van der Waals surface area contributed by atoms with Gasteiger partial charge in [0.15, 0.2) is 0 Å². The van der Waals surface area contributed by atoms with Gasteiger partial charge in [-0.3, -0.25) is 0 Å². The third kappa shape index (κ3) is 4.14. The summed E-state index contributed by atoms with van der Waals surface area (Å²) in [6.45, 7) is 3.27. The molecule has 2 nitrogen and oxygen atoms in total. The number of nitrogens with zero attached hydrogens (tertiary/aromatic N) is 1. The molecule has 1 aromatic rings. The summed E-state index contributed by atoms with van der Waals surface area (Å²) in [7, 11) is 0. The van der Waals surface area contributed by atoms with E-state index < -0.39 is 0 Å². The Kier molecular flexibility index (Phi) is 5.10. The first kappa shape index (κ1) is 14.2. The van der Waals surface area contributed by atoms with E-state index in [2.05, 4.69) is 18.3 Å². The molecule has 0 bridgehead atoms. The van der Waals surface area contributed by atoms with E-state index in [1.165, 1.54) is 32.1 Å². The van der Waals surface area contributed by atoms with E-state index in [4.69, 9.17) is 16.9 Å². The van der Waals surface area contributed by atoms with Gasteiger partial charge in [-0.25, -0.2) is 0 Å². The molecule has 102 valence electrons. The molecule has 19 heavy (non-hydrogen) atoms. The molecule has 2 rings (SSSR count). The van der Waals surface area contributed by atoms with E-state index in [-0.39, 0.29) is 0 Å². The van der Waals surface area contributed by atoms with Crippen molar-refractivity contribution in [3.63, 3.8) is 0 Å². The standard InChI is InChI=1S/C16H21ClN2/c1-12-3-2-4-13(9-12)7-8-19-16-10-15(17)6-5-14(16)11-18/h5-6,10,12-13,19H,2-4,7-9H2,1H3. The Morgan fingerprint density at radius 1 is 1.42 bits per heavy atom. The maximum Gasteiger partial charge on any atom is 0.101 e. The van der Waals surface area contributed by atoms with E-state index in [0.29, 0.717) is 10.6 Å². The van der Waals surface area contributed by atoms with Crippen molar-refractivity contribution >= 4 is 17.3 Å². The van der Waals surface area contributed by atoms with Crippen LogP contribution in [0.5, 0.6) is 0 Å². The van der Waals surface area contributed by atoms with Crippen molar-refractivity contribution in [2.24, 2.45) is 11.8 Å². The van der Waals surface area contributed by atoms with E-state index in [0.717, 1.165) is 24.1 Å². The van der Waals surface area contributed by atoms with Crippen LogP contribution in [0.3, 0.4) is 0 Å². The molecule has 1 saturated carbocycles. The molecule has 0 aliphatic heterocycles. The van der Waals surface area contributed by atoms with Crippen LogP contribution in [0.15, 0.2) is 18.2 Å². The predicted octanol–water partition coefficient (Wildman–Crippen LogP) is 4.84. The summed E-state index contributed by atoms with van der Waals surface area (Å²) in [6, 6.07) is 7.56. The lowest BCUT2D eigenvalue weighted by Gasteiger charge is -2.26. The van der Waals surface area contributed by atoms with Crippen LogP contribution in [-0.2, 0) is 0 Å². The summed E-state index contributed by atoms with van der Waals surface area (Å²) in [5, 5.41) is 13.1. The summed E-state index contributed by atoms with van der Waals surface area (Å²) in [5.41, 5.74) is 1.53. The highest BCUT2D eigenvalue weighted by Gasteiger charge is 2.18. The van der Waals surface area contributed by atoms with Gasteiger partial charge >= 0.3 is 0 Å². The summed E-state index contributed by atoms with van der Waals surface area (Å²) >= 11 is 5.97. The zero-order valence-corrected chi connectivity index (χ0v) is 12.2. The maximum absolute atomic E-state index is 9.06. The van der Waals surface area contributed by atoms with Gasteiger partial charge in [-0.15, -0.1) is 0 Å². The molecular formula is C16H21ClN2. The maximum atomic E-state index is 9.06. The first-order chi connectivity index (χ1) is 9.19. The van der Waals surface area contributed by atoms with Crippen molar-refractivity contribution in [1.82, 2.24) is 0 Å². The molecule has 0 radical (unpaired) electrons. The second-order valence-electron chi connectivity index (χ2n) is 5.65. The van der Waals surface area contributed by atoms with Crippen LogP contribution in [0.4, 0.5) is 5.69 Å². The lowest BCUT2D eigenvalue weighted by molar-refractivity contribution is 0.274. The van der Waals surface area contributed by atoms with Gasteiger partial charge in [-0.1, -0.05) is 37.8 Å². The number of halogens is 1. The van der Waals surface area contributed by atoms with Crippen LogP contribution in [0.2, 0.25) is 5.02 Å². The monoisotopic (exact) mass is 276 g/mol. The Hall–Kier alpha value is -1.20. The molecule has 2 atom stereocenters. The van der Waals surface area contributed by atoms with Crippen molar-refractivity contribution in [1.29, 1.82) is 5.26 Å². The molecule has 0 heterocycles. The summed E-state index contributed by atoms with van der Waals surface area (Å²) < 4.78 is 0. The summed E-state index contributed by atoms with van der Waals surface area (Å²) in [4.78, 5) is 0. The molecule has 3 heteroatoms. The SMILES string of the molecule is CC1CCCC(CCNc2cc(Cl)ccc2C#N)C1. The molecule has 1 aliphatic rings. The van der Waals surface area contributed by atoms with Crippen LogP contribution in [-0.4, -0.2) is 6.54 Å². The van der Waals surface area contributed by atoms with Crippen molar-refractivity contribution < 1.29 is 0 Å². The minimum absolute atomic E-state index is 0.668. The highest BCUT2D eigenvalue weighted by Crippen LogP contribution is 2.30. The van der Waals surface area contributed by atoms with Crippen LogP contribution >= 0.6 is 11.6 Å². The van der Waals surface area contributed by atoms with Gasteiger partial charge < -0.3 is 5.32 Å².